The fourth-order valence-electron chi connectivity index (χ4n) is 3.79. The number of primary amides is 1. The minimum Gasteiger partial charge on any atom is -0.481 e. The van der Waals surface area contributed by atoms with Gasteiger partial charge in [0.15, 0.2) is 5.78 Å². The fourth-order valence-corrected chi connectivity index (χ4v) is 3.79. The van der Waals surface area contributed by atoms with Crippen LogP contribution in [0, 0.1) is 11.8 Å². The number of benzene rings is 1. The molecule has 1 aliphatic rings. The van der Waals surface area contributed by atoms with Gasteiger partial charge in [-0.05, 0) is 42.9 Å². The monoisotopic (exact) mass is 374 g/mol. The van der Waals surface area contributed by atoms with Crippen LogP contribution >= 0.6 is 0 Å². The number of carboxylic acid groups (broad SMARTS) is 1. The Bertz CT molecular complexity index is 731. The predicted molar refractivity (Wildman–Crippen MR) is 101 cm³/mol. The van der Waals surface area contributed by atoms with Crippen molar-refractivity contribution in [3.8, 4) is 0 Å². The molecule has 0 heterocycles. The van der Waals surface area contributed by atoms with E-state index in [1.54, 1.807) is 6.07 Å². The third-order valence-electron chi connectivity index (χ3n) is 5.19. The molecule has 3 atom stereocenters. The number of rotatable bonds is 11. The van der Waals surface area contributed by atoms with Gasteiger partial charge in [-0.2, -0.15) is 0 Å². The Kier molecular flexibility index (Phi) is 7.10. The summed E-state index contributed by atoms with van der Waals surface area (Å²) in [4.78, 5) is 46.0. The summed E-state index contributed by atoms with van der Waals surface area (Å²) in [6, 6.07) is 5.55. The second kappa shape index (κ2) is 9.30. The van der Waals surface area contributed by atoms with Crippen molar-refractivity contribution >= 4 is 29.6 Å². The van der Waals surface area contributed by atoms with Crippen LogP contribution in [0.5, 0.6) is 0 Å². The van der Waals surface area contributed by atoms with Crippen LogP contribution in [0.2, 0.25) is 0 Å². The van der Waals surface area contributed by atoms with E-state index in [0.717, 1.165) is 17.5 Å². The van der Waals surface area contributed by atoms with Gasteiger partial charge in [0.05, 0.1) is 0 Å². The number of nitrogens with two attached hydrogens (primary N) is 1. The lowest BCUT2D eigenvalue weighted by atomic mass is 9.80. The number of aldehydes is 1. The topological polar surface area (TPSA) is 127 Å². The summed E-state index contributed by atoms with van der Waals surface area (Å²) in [5.74, 6) is -2.80. The molecule has 1 aromatic rings. The minimum absolute atomic E-state index is 0.110. The molecule has 0 aromatic heterocycles. The molecule has 1 aromatic carbocycles. The summed E-state index contributed by atoms with van der Waals surface area (Å²) in [5.41, 5.74) is 7.76. The minimum atomic E-state index is -0.809. The van der Waals surface area contributed by atoms with E-state index in [4.69, 9.17) is 10.8 Å². The summed E-state index contributed by atoms with van der Waals surface area (Å²) in [5, 5.41) is 11.8. The summed E-state index contributed by atoms with van der Waals surface area (Å²) < 4.78 is 0. The number of Topliss-reactive ketones (excluding diaryl/α,β-unsaturated/α-hetero) is 1. The first-order valence-electron chi connectivity index (χ1n) is 9.23. The number of fused-ring (bicyclic) bond motifs is 1. The van der Waals surface area contributed by atoms with Crippen molar-refractivity contribution in [2.75, 3.05) is 11.9 Å². The van der Waals surface area contributed by atoms with Crippen molar-refractivity contribution in [1.29, 1.82) is 0 Å². The average Bonchev–Trinajstić information content (AvgIpc) is 2.86. The number of aliphatic carboxylic acids is 1. The number of ketones is 1. The van der Waals surface area contributed by atoms with Crippen molar-refractivity contribution in [1.82, 2.24) is 0 Å². The average molecular weight is 374 g/mol. The van der Waals surface area contributed by atoms with Gasteiger partial charge in [0.2, 0.25) is 5.91 Å². The number of carbonyl (C=O) groups is 4. The third-order valence-corrected chi connectivity index (χ3v) is 5.19. The Balaban J connectivity index is 2.08. The molecule has 27 heavy (non-hydrogen) atoms. The number of carboxylic acids is 1. The highest BCUT2D eigenvalue weighted by Crippen LogP contribution is 2.43. The molecular formula is C20H26N2O5. The highest BCUT2D eigenvalue weighted by Gasteiger charge is 2.43. The maximum Gasteiger partial charge on any atom is 0.303 e. The van der Waals surface area contributed by atoms with Crippen LogP contribution in [-0.2, 0) is 14.4 Å². The molecule has 0 spiro atoms. The van der Waals surface area contributed by atoms with Gasteiger partial charge in [0.1, 0.15) is 6.29 Å². The van der Waals surface area contributed by atoms with Gasteiger partial charge in [-0.25, -0.2) is 0 Å². The predicted octanol–water partition coefficient (Wildman–Crippen LogP) is 2.35. The van der Waals surface area contributed by atoms with Gasteiger partial charge in [-0.3, -0.25) is 14.4 Å². The van der Waals surface area contributed by atoms with Gasteiger partial charge in [-0.1, -0.05) is 13.0 Å². The van der Waals surface area contributed by atoms with E-state index in [9.17, 15) is 19.2 Å². The smallest absolute Gasteiger partial charge is 0.303 e. The van der Waals surface area contributed by atoms with E-state index in [1.165, 1.54) is 0 Å². The molecule has 7 heteroatoms. The Hall–Kier alpha value is -2.70. The van der Waals surface area contributed by atoms with Crippen LogP contribution in [0.15, 0.2) is 18.2 Å². The second-order valence-corrected chi connectivity index (χ2v) is 7.01. The van der Waals surface area contributed by atoms with E-state index in [0.29, 0.717) is 24.9 Å². The highest BCUT2D eigenvalue weighted by molar-refractivity contribution is 6.06. The van der Waals surface area contributed by atoms with Crippen LogP contribution in [0.4, 0.5) is 5.69 Å². The Morgan fingerprint density at radius 3 is 2.70 bits per heavy atom. The third kappa shape index (κ3) is 4.93. The van der Waals surface area contributed by atoms with Crippen LogP contribution < -0.4 is 11.1 Å². The molecule has 0 saturated carbocycles. The van der Waals surface area contributed by atoms with E-state index >= 15 is 0 Å². The molecule has 7 nitrogen and oxygen atoms in total. The zero-order chi connectivity index (χ0) is 20.0. The molecule has 0 saturated heterocycles. The van der Waals surface area contributed by atoms with Gasteiger partial charge in [0.25, 0.3) is 0 Å². The van der Waals surface area contributed by atoms with Crippen molar-refractivity contribution < 1.29 is 24.3 Å². The first kappa shape index (κ1) is 20.6. The van der Waals surface area contributed by atoms with Gasteiger partial charge in [0, 0.05) is 42.5 Å². The van der Waals surface area contributed by atoms with Crippen LogP contribution in [0.1, 0.15) is 60.9 Å². The first-order valence-corrected chi connectivity index (χ1v) is 9.23. The van der Waals surface area contributed by atoms with Crippen molar-refractivity contribution in [2.24, 2.45) is 17.6 Å². The largest absolute Gasteiger partial charge is 0.481 e. The van der Waals surface area contributed by atoms with Crippen LogP contribution in [0.25, 0.3) is 0 Å². The molecule has 1 aliphatic carbocycles. The number of nitrogens with one attached hydrogen (secondary N) is 1. The molecule has 0 aliphatic heterocycles. The van der Waals surface area contributed by atoms with Crippen LogP contribution in [0.3, 0.4) is 0 Å². The summed E-state index contributed by atoms with van der Waals surface area (Å²) >= 11 is 0. The number of anilines is 1. The number of unbranched alkanes of at least 4 members (excludes halogenated alkanes) is 1. The fraction of sp³-hybridized carbons (Fsp3) is 0.500. The zero-order valence-corrected chi connectivity index (χ0v) is 15.4. The number of amides is 1. The molecule has 0 fully saturated rings. The molecule has 2 rings (SSSR count). The normalized spacial score (nSPS) is 19.4. The molecular weight excluding hydrogens is 348 g/mol. The lowest BCUT2D eigenvalue weighted by Gasteiger charge is -2.22. The molecule has 3 unspecified atom stereocenters. The summed E-state index contributed by atoms with van der Waals surface area (Å²) in [6.07, 6.45) is 2.65. The van der Waals surface area contributed by atoms with Crippen molar-refractivity contribution in [2.45, 2.75) is 44.9 Å². The number of hydrogen-bond donors (Lipinski definition) is 3. The standard InChI is InChI=1S/C20H26N2O5/c1-12-14-8-7-13(22-9-3-2-6-17(24)25)11-16(14)19(26)18(12)15(20(21)27)5-4-10-23/h7-8,10-12,15,18,22H,2-6,9H2,1H3,(H2,21,27)(H,24,25). The second-order valence-electron chi connectivity index (χ2n) is 7.01. The van der Waals surface area contributed by atoms with Gasteiger partial charge in [-0.15, -0.1) is 0 Å². The molecule has 1 amide bonds. The first-order chi connectivity index (χ1) is 12.9. The Morgan fingerprint density at radius 2 is 2.07 bits per heavy atom. The number of carbonyl (C=O) groups excluding carboxylic acids is 3. The summed E-state index contributed by atoms with van der Waals surface area (Å²) in [7, 11) is 0. The van der Waals surface area contributed by atoms with Gasteiger partial charge < -0.3 is 21.0 Å². The summed E-state index contributed by atoms with van der Waals surface area (Å²) in [6.45, 7) is 2.52. The van der Waals surface area contributed by atoms with E-state index in [1.807, 2.05) is 19.1 Å². The van der Waals surface area contributed by atoms with Crippen LogP contribution in [-0.4, -0.2) is 35.6 Å². The maximum absolute atomic E-state index is 12.9. The lowest BCUT2D eigenvalue weighted by molar-refractivity contribution is -0.137. The molecule has 0 bridgehead atoms. The Labute approximate surface area is 158 Å². The Morgan fingerprint density at radius 1 is 1.33 bits per heavy atom. The number of hydrogen-bond acceptors (Lipinski definition) is 5. The maximum atomic E-state index is 12.9. The molecule has 4 N–H and O–H groups in total. The zero-order valence-electron chi connectivity index (χ0n) is 15.4. The molecule has 0 radical (unpaired) electrons. The lowest BCUT2D eigenvalue weighted by Crippen LogP contribution is -2.34. The SMILES string of the molecule is CC1c2ccc(NCCCCC(=O)O)cc2C(=O)C1C(CCC=O)C(N)=O. The van der Waals surface area contributed by atoms with Crippen molar-refractivity contribution in [3.63, 3.8) is 0 Å². The van der Waals surface area contributed by atoms with Gasteiger partial charge >= 0.3 is 5.97 Å². The molecule has 146 valence electrons. The van der Waals surface area contributed by atoms with E-state index < -0.39 is 23.7 Å². The quantitative estimate of drug-likeness (QED) is 0.403. The van der Waals surface area contributed by atoms with E-state index in [2.05, 4.69) is 5.32 Å². The van der Waals surface area contributed by atoms with Crippen molar-refractivity contribution in [3.05, 3.63) is 29.3 Å². The highest BCUT2D eigenvalue weighted by atomic mass is 16.4. The van der Waals surface area contributed by atoms with E-state index in [-0.39, 0.29) is 31.0 Å².